The number of phenolic OH excluding ortho intramolecular Hbond substituents is 1. The lowest BCUT2D eigenvalue weighted by Gasteiger charge is -2.47. The number of rotatable bonds is 15. The molecule has 3 aromatic carbocycles. The Morgan fingerprint density at radius 2 is 1.60 bits per heavy atom. The summed E-state index contributed by atoms with van der Waals surface area (Å²) in [5.74, 6) is -3.05. The second kappa shape index (κ2) is 17.9. The lowest BCUT2D eigenvalue weighted by atomic mass is 9.81. The number of benzene rings is 3. The normalized spacial score (nSPS) is 21.0. The van der Waals surface area contributed by atoms with E-state index in [2.05, 4.69) is 20.7 Å². The second-order valence-electron chi connectivity index (χ2n) is 13.6. The zero-order valence-corrected chi connectivity index (χ0v) is 31.5. The van der Waals surface area contributed by atoms with Crippen LogP contribution in [0, 0.1) is 13.8 Å². The molecule has 1 aliphatic heterocycles. The molecule has 55 heavy (non-hydrogen) atoms. The Labute approximate surface area is 318 Å². The predicted octanol–water partition coefficient (Wildman–Crippen LogP) is 1.34. The van der Waals surface area contributed by atoms with Crippen molar-refractivity contribution >= 4 is 45.5 Å². The van der Waals surface area contributed by atoms with Crippen molar-refractivity contribution in [2.75, 3.05) is 17.5 Å². The van der Waals surface area contributed by atoms with E-state index >= 15 is 0 Å². The minimum atomic E-state index is -3.47. The van der Waals surface area contributed by atoms with Crippen LogP contribution in [0.15, 0.2) is 66.7 Å². The highest BCUT2D eigenvalue weighted by Crippen LogP contribution is 2.35. The van der Waals surface area contributed by atoms with Crippen molar-refractivity contribution < 1.29 is 57.9 Å². The molecular formula is C38H46N4O12S. The highest BCUT2D eigenvalue weighted by Gasteiger charge is 2.54. The van der Waals surface area contributed by atoms with Crippen molar-refractivity contribution in [3.8, 4) is 5.75 Å². The molecule has 1 saturated heterocycles. The fraction of sp³-hybridized carbons (Fsp3) is 0.368. The molecule has 0 saturated carbocycles. The fourth-order valence-corrected chi connectivity index (χ4v) is 6.79. The van der Waals surface area contributed by atoms with Crippen molar-refractivity contribution in [2.45, 2.75) is 76.2 Å². The molecule has 296 valence electrons. The van der Waals surface area contributed by atoms with Crippen LogP contribution in [-0.4, -0.2) is 107 Å². The lowest BCUT2D eigenvalue weighted by molar-refractivity contribution is -0.226. The van der Waals surface area contributed by atoms with Crippen LogP contribution < -0.4 is 20.7 Å². The van der Waals surface area contributed by atoms with Gasteiger partial charge in [-0.1, -0.05) is 30.4 Å². The molecule has 0 unspecified atom stereocenters. The topological polar surface area (TPSA) is 261 Å². The van der Waals surface area contributed by atoms with Crippen LogP contribution in [0.4, 0.5) is 5.69 Å². The summed E-state index contributed by atoms with van der Waals surface area (Å²) in [6, 6.07) is 14.5. The summed E-state index contributed by atoms with van der Waals surface area (Å²) in [6.07, 6.45) is -3.40. The summed E-state index contributed by atoms with van der Waals surface area (Å²) in [5.41, 5.74) is 0.970. The minimum Gasteiger partial charge on any atom is -0.507 e. The van der Waals surface area contributed by atoms with Gasteiger partial charge in [-0.25, -0.2) is 13.2 Å². The molecule has 0 spiro atoms. The number of anilines is 1. The number of amides is 3. The standard InChI is InChI=1S/C38H46N4O12S/c1-21-15-27(16-22(2)32(21)46)36(49)40-20-30(45)33(47)34-31(41-23(3)43)29(44)18-38(54-34,37(50)51)14-6-9-24-7-5-8-25(17-24)19-39-35(48)26-10-12-28(13-11-26)42-55(4,52)53/h5-13,15-17,29-31,33-34,42,44-47H,14,18-20H2,1-4H3,(H,39,48)(H,40,49)(H,41,43)(H,50,51)/b9-6+/t29-,30+,31+,33+,34+,38+/m0/s1. The van der Waals surface area contributed by atoms with Crippen LogP contribution >= 0.6 is 0 Å². The van der Waals surface area contributed by atoms with Crippen LogP contribution in [0.3, 0.4) is 0 Å². The van der Waals surface area contributed by atoms with Crippen LogP contribution in [0.5, 0.6) is 5.75 Å². The number of ether oxygens (including phenoxy) is 1. The molecule has 0 bridgehead atoms. The van der Waals surface area contributed by atoms with E-state index in [4.69, 9.17) is 4.74 Å². The van der Waals surface area contributed by atoms with E-state index in [9.17, 15) is 53.1 Å². The Hall–Kier alpha value is -5.33. The van der Waals surface area contributed by atoms with E-state index in [-0.39, 0.29) is 24.3 Å². The maximum atomic E-state index is 12.8. The number of hydrogen-bond donors (Lipinski definition) is 9. The van der Waals surface area contributed by atoms with Crippen LogP contribution in [0.2, 0.25) is 0 Å². The molecule has 1 fully saturated rings. The van der Waals surface area contributed by atoms with Gasteiger partial charge >= 0.3 is 5.97 Å². The molecule has 0 radical (unpaired) electrons. The zero-order chi connectivity index (χ0) is 40.7. The Bertz CT molecular complexity index is 2020. The van der Waals surface area contributed by atoms with Crippen molar-refractivity contribution in [3.63, 3.8) is 0 Å². The van der Waals surface area contributed by atoms with Gasteiger partial charge < -0.3 is 46.2 Å². The number of phenols is 1. The number of hydrogen-bond acceptors (Lipinski definition) is 11. The largest absolute Gasteiger partial charge is 0.507 e. The Morgan fingerprint density at radius 3 is 2.20 bits per heavy atom. The predicted molar refractivity (Wildman–Crippen MR) is 202 cm³/mol. The molecule has 17 heteroatoms. The highest BCUT2D eigenvalue weighted by molar-refractivity contribution is 7.92. The number of aromatic hydroxyl groups is 1. The molecule has 0 aromatic heterocycles. The van der Waals surface area contributed by atoms with Crippen molar-refractivity contribution in [1.82, 2.24) is 16.0 Å². The summed E-state index contributed by atoms with van der Waals surface area (Å²) in [4.78, 5) is 50.3. The molecular weight excluding hydrogens is 737 g/mol. The summed E-state index contributed by atoms with van der Waals surface area (Å²) >= 11 is 0. The Kier molecular flexibility index (Phi) is 13.8. The van der Waals surface area contributed by atoms with Crippen LogP contribution in [0.25, 0.3) is 6.08 Å². The smallest absolute Gasteiger partial charge is 0.336 e. The lowest BCUT2D eigenvalue weighted by Crippen LogP contribution is -2.67. The first-order valence-electron chi connectivity index (χ1n) is 17.2. The first-order chi connectivity index (χ1) is 25.8. The highest BCUT2D eigenvalue weighted by atomic mass is 32.2. The average molecular weight is 783 g/mol. The molecule has 3 aromatic rings. The van der Waals surface area contributed by atoms with Gasteiger partial charge in [-0.15, -0.1) is 0 Å². The Morgan fingerprint density at radius 1 is 0.964 bits per heavy atom. The summed E-state index contributed by atoms with van der Waals surface area (Å²) in [6.45, 7) is 4.02. The molecule has 3 amide bonds. The number of aliphatic carboxylic acids is 1. The summed E-state index contributed by atoms with van der Waals surface area (Å²) in [7, 11) is -3.47. The molecule has 1 heterocycles. The molecule has 6 atom stereocenters. The van der Waals surface area contributed by atoms with Crippen LogP contribution in [-0.2, 0) is 30.9 Å². The van der Waals surface area contributed by atoms with E-state index in [0.29, 0.717) is 33.5 Å². The molecule has 1 aliphatic rings. The van der Waals surface area contributed by atoms with Crippen molar-refractivity contribution in [1.29, 1.82) is 0 Å². The van der Waals surface area contributed by atoms with Crippen molar-refractivity contribution in [3.05, 3.63) is 100 Å². The van der Waals surface area contributed by atoms with E-state index in [1.807, 2.05) is 0 Å². The maximum Gasteiger partial charge on any atom is 0.336 e. The zero-order valence-electron chi connectivity index (χ0n) is 30.6. The van der Waals surface area contributed by atoms with Gasteiger partial charge in [-0.05, 0) is 78.6 Å². The number of carbonyl (C=O) groups excluding carboxylic acids is 3. The van der Waals surface area contributed by atoms with E-state index in [1.165, 1.54) is 42.5 Å². The number of carboxylic acid groups (broad SMARTS) is 1. The number of nitrogens with one attached hydrogen (secondary N) is 4. The van der Waals surface area contributed by atoms with E-state index < -0.39 is 82.7 Å². The van der Waals surface area contributed by atoms with E-state index in [1.54, 1.807) is 44.2 Å². The van der Waals surface area contributed by atoms with Gasteiger partial charge in [0.25, 0.3) is 11.8 Å². The SMILES string of the molecule is CC(=O)N[C@H]1[C@H]([C@H](O)[C@H](O)CNC(=O)c2cc(C)c(O)c(C)c2)O[C@@](C/C=C/c2cccc(CNC(=O)c3ccc(NS(C)(=O)=O)cc3)c2)(C(=O)O)C[C@@H]1O. The third kappa shape index (κ3) is 11.3. The average Bonchev–Trinajstić information content (AvgIpc) is 3.11. The molecule has 4 rings (SSSR count). The first-order valence-corrected chi connectivity index (χ1v) is 19.1. The number of carbonyl (C=O) groups is 4. The minimum absolute atomic E-state index is 0.0315. The number of sulfonamides is 1. The maximum absolute atomic E-state index is 12.8. The molecule has 9 N–H and O–H groups in total. The van der Waals surface area contributed by atoms with Gasteiger partial charge in [-0.2, -0.15) is 0 Å². The van der Waals surface area contributed by atoms with Gasteiger partial charge in [0.05, 0.1) is 24.5 Å². The van der Waals surface area contributed by atoms with Crippen molar-refractivity contribution in [2.24, 2.45) is 0 Å². The third-order valence-electron chi connectivity index (χ3n) is 9.00. The van der Waals surface area contributed by atoms with Gasteiger partial charge in [0.1, 0.15) is 18.0 Å². The number of aryl methyl sites for hydroxylation is 2. The van der Waals surface area contributed by atoms with Gasteiger partial charge in [0, 0.05) is 49.7 Å². The summed E-state index contributed by atoms with van der Waals surface area (Å²) in [5, 5.41) is 61.4. The summed E-state index contributed by atoms with van der Waals surface area (Å²) < 4.78 is 31.2. The Balaban J connectivity index is 1.44. The number of aliphatic hydroxyl groups excluding tert-OH is 3. The first kappa shape index (κ1) is 42.4. The number of aliphatic hydroxyl groups is 3. The second-order valence-corrected chi connectivity index (χ2v) is 15.3. The quantitative estimate of drug-likeness (QED) is 0.106. The van der Waals surface area contributed by atoms with Gasteiger partial charge in [0.2, 0.25) is 15.9 Å². The van der Waals surface area contributed by atoms with E-state index in [0.717, 1.165) is 13.2 Å². The number of carboxylic acids is 1. The molecule has 16 nitrogen and oxygen atoms in total. The van der Waals surface area contributed by atoms with Crippen LogP contribution in [0.1, 0.15) is 62.7 Å². The van der Waals surface area contributed by atoms with Gasteiger partial charge in [0.15, 0.2) is 5.60 Å². The fourth-order valence-electron chi connectivity index (χ4n) is 6.22. The monoisotopic (exact) mass is 782 g/mol. The van der Waals surface area contributed by atoms with Gasteiger partial charge in [-0.3, -0.25) is 19.1 Å². The molecule has 0 aliphatic carbocycles. The third-order valence-corrected chi connectivity index (χ3v) is 9.60.